The predicted octanol–water partition coefficient (Wildman–Crippen LogP) is 8.66. The number of hydrogen-bond acceptors (Lipinski definition) is 4. The van der Waals surface area contributed by atoms with Crippen LogP contribution in [0.25, 0.3) is 0 Å². The van der Waals surface area contributed by atoms with Crippen LogP contribution in [0.15, 0.2) is 12.2 Å². The lowest BCUT2D eigenvalue weighted by atomic mass is 9.98. The molecule has 0 fully saturated rings. The summed E-state index contributed by atoms with van der Waals surface area (Å²) in [5.74, 6) is -0.952. The fourth-order valence-corrected chi connectivity index (χ4v) is 4.48. The number of nitrogens with zero attached hydrogens (tertiary/aromatic N) is 1. The quantitative estimate of drug-likeness (QED) is 0.0782. The second-order valence-corrected chi connectivity index (χ2v) is 11.0. The van der Waals surface area contributed by atoms with Crippen LogP contribution in [0, 0.1) is 5.92 Å². The maximum absolute atomic E-state index is 11.6. The minimum atomic E-state index is -0.675. The summed E-state index contributed by atoms with van der Waals surface area (Å²) in [6.07, 6.45) is 26.8. The smallest absolute Gasteiger partial charge is 0.306 e. The Labute approximate surface area is 230 Å². The minimum absolute atomic E-state index is 0.262. The standard InChI is InChI=1S/C32H63NO4/c1-5-7-9-11-13-15-16-18-20-24-30(32(34)35)25-21-23-27-37-29-31(33(3)4)28-36-26-22-19-17-14-12-10-8-6-2/h18,20,30-31H,5-17,19,21-29H2,1-4H3,(H,34,35). The van der Waals surface area contributed by atoms with Crippen LogP contribution in [-0.2, 0) is 14.3 Å². The number of hydrogen-bond donors (Lipinski definition) is 1. The first-order valence-electron chi connectivity index (χ1n) is 15.7. The number of allylic oxidation sites excluding steroid dienone is 2. The lowest BCUT2D eigenvalue weighted by molar-refractivity contribution is -0.141. The van der Waals surface area contributed by atoms with Crippen LogP contribution in [0.5, 0.6) is 0 Å². The molecular weight excluding hydrogens is 462 g/mol. The first kappa shape index (κ1) is 36.1. The molecule has 0 aromatic carbocycles. The Balaban J connectivity index is 3.81. The van der Waals surface area contributed by atoms with E-state index in [0.717, 1.165) is 38.7 Å². The molecule has 5 heteroatoms. The Morgan fingerprint density at radius 1 is 0.703 bits per heavy atom. The van der Waals surface area contributed by atoms with Crippen molar-refractivity contribution in [1.29, 1.82) is 0 Å². The van der Waals surface area contributed by atoms with Crippen molar-refractivity contribution >= 4 is 5.97 Å². The molecule has 0 aliphatic carbocycles. The number of ether oxygens (including phenoxy) is 2. The Hall–Kier alpha value is -0.910. The van der Waals surface area contributed by atoms with Crippen molar-refractivity contribution in [3.05, 3.63) is 12.2 Å². The molecule has 220 valence electrons. The van der Waals surface area contributed by atoms with Crippen molar-refractivity contribution in [1.82, 2.24) is 4.90 Å². The third-order valence-corrected chi connectivity index (χ3v) is 7.25. The largest absolute Gasteiger partial charge is 0.481 e. The maximum Gasteiger partial charge on any atom is 0.306 e. The van der Waals surface area contributed by atoms with E-state index in [2.05, 4.69) is 45.0 Å². The number of carboxylic acid groups (broad SMARTS) is 1. The molecule has 0 saturated carbocycles. The van der Waals surface area contributed by atoms with Gasteiger partial charge in [-0.05, 0) is 52.6 Å². The van der Waals surface area contributed by atoms with Gasteiger partial charge in [-0.25, -0.2) is 0 Å². The molecule has 0 aromatic rings. The first-order valence-corrected chi connectivity index (χ1v) is 15.7. The average Bonchev–Trinajstić information content (AvgIpc) is 2.87. The van der Waals surface area contributed by atoms with E-state index in [4.69, 9.17) is 9.47 Å². The Kier molecular flexibility index (Phi) is 27.4. The summed E-state index contributed by atoms with van der Waals surface area (Å²) in [6.45, 7) is 7.39. The number of carboxylic acids is 1. The summed E-state index contributed by atoms with van der Waals surface area (Å²) in [4.78, 5) is 13.8. The summed E-state index contributed by atoms with van der Waals surface area (Å²) in [6, 6.07) is 0.262. The zero-order valence-electron chi connectivity index (χ0n) is 25.2. The molecule has 0 amide bonds. The molecule has 1 N–H and O–H groups in total. The van der Waals surface area contributed by atoms with Crippen LogP contribution in [0.3, 0.4) is 0 Å². The first-order chi connectivity index (χ1) is 18.0. The normalized spacial score (nSPS) is 13.5. The van der Waals surface area contributed by atoms with Gasteiger partial charge in [-0.2, -0.15) is 0 Å². The molecule has 0 spiro atoms. The SMILES string of the molecule is CCCCCCCCC=CCC(CCCCOCC(COCCCCCCCCCC)N(C)C)C(=O)O. The highest BCUT2D eigenvalue weighted by atomic mass is 16.5. The monoisotopic (exact) mass is 525 g/mol. The molecule has 0 bridgehead atoms. The molecule has 2 unspecified atom stereocenters. The second kappa shape index (κ2) is 28.1. The minimum Gasteiger partial charge on any atom is -0.481 e. The highest BCUT2D eigenvalue weighted by molar-refractivity contribution is 5.70. The maximum atomic E-state index is 11.6. The molecule has 2 atom stereocenters. The van der Waals surface area contributed by atoms with E-state index in [9.17, 15) is 9.90 Å². The average molecular weight is 526 g/mol. The van der Waals surface area contributed by atoms with Crippen molar-refractivity contribution in [2.24, 2.45) is 5.92 Å². The highest BCUT2D eigenvalue weighted by Gasteiger charge is 2.15. The van der Waals surface area contributed by atoms with Gasteiger partial charge < -0.3 is 19.5 Å². The van der Waals surface area contributed by atoms with Gasteiger partial charge in [0.15, 0.2) is 0 Å². The molecule has 0 aliphatic heterocycles. The molecule has 0 aliphatic rings. The van der Waals surface area contributed by atoms with Gasteiger partial charge in [-0.3, -0.25) is 4.79 Å². The molecule has 0 radical (unpaired) electrons. The molecule has 0 aromatic heterocycles. The van der Waals surface area contributed by atoms with Gasteiger partial charge in [0.05, 0.1) is 25.2 Å². The second-order valence-electron chi connectivity index (χ2n) is 11.0. The Morgan fingerprint density at radius 3 is 1.70 bits per heavy atom. The van der Waals surface area contributed by atoms with Gasteiger partial charge in [0.25, 0.3) is 0 Å². The van der Waals surface area contributed by atoms with Crippen LogP contribution in [-0.4, -0.2) is 62.5 Å². The summed E-state index contributed by atoms with van der Waals surface area (Å²) in [5.41, 5.74) is 0. The van der Waals surface area contributed by atoms with E-state index < -0.39 is 5.97 Å². The number of rotatable bonds is 29. The lowest BCUT2D eigenvalue weighted by Gasteiger charge is -2.24. The van der Waals surface area contributed by atoms with Gasteiger partial charge in [0, 0.05) is 13.2 Å². The van der Waals surface area contributed by atoms with Crippen molar-refractivity contribution < 1.29 is 19.4 Å². The molecule has 5 nitrogen and oxygen atoms in total. The third-order valence-electron chi connectivity index (χ3n) is 7.25. The van der Waals surface area contributed by atoms with Gasteiger partial charge in [-0.15, -0.1) is 0 Å². The zero-order valence-corrected chi connectivity index (χ0v) is 25.2. The van der Waals surface area contributed by atoms with Crippen LogP contribution in [0.2, 0.25) is 0 Å². The summed E-state index contributed by atoms with van der Waals surface area (Å²) in [7, 11) is 4.15. The molecular formula is C32H63NO4. The fourth-order valence-electron chi connectivity index (χ4n) is 4.48. The molecule has 0 rings (SSSR count). The van der Waals surface area contributed by atoms with Crippen molar-refractivity contribution in [3.63, 3.8) is 0 Å². The van der Waals surface area contributed by atoms with E-state index in [-0.39, 0.29) is 12.0 Å². The topological polar surface area (TPSA) is 59.0 Å². The van der Waals surface area contributed by atoms with Crippen LogP contribution >= 0.6 is 0 Å². The summed E-state index contributed by atoms with van der Waals surface area (Å²) >= 11 is 0. The Bertz CT molecular complexity index is 509. The predicted molar refractivity (Wildman–Crippen MR) is 158 cm³/mol. The molecule has 0 heterocycles. The summed E-state index contributed by atoms with van der Waals surface area (Å²) in [5, 5.41) is 9.54. The molecule has 37 heavy (non-hydrogen) atoms. The van der Waals surface area contributed by atoms with E-state index >= 15 is 0 Å². The van der Waals surface area contributed by atoms with Crippen molar-refractivity contribution in [2.45, 2.75) is 142 Å². The van der Waals surface area contributed by atoms with Gasteiger partial charge in [-0.1, -0.05) is 109 Å². The van der Waals surface area contributed by atoms with Gasteiger partial charge >= 0.3 is 5.97 Å². The van der Waals surface area contributed by atoms with E-state index in [1.165, 1.54) is 83.5 Å². The number of unbranched alkanes of at least 4 members (excludes halogenated alkanes) is 14. The fraction of sp³-hybridized carbons (Fsp3) is 0.906. The van der Waals surface area contributed by atoms with Crippen LogP contribution in [0.4, 0.5) is 0 Å². The van der Waals surface area contributed by atoms with Crippen molar-refractivity contribution in [3.8, 4) is 0 Å². The summed E-state index contributed by atoms with van der Waals surface area (Å²) < 4.78 is 11.8. The van der Waals surface area contributed by atoms with Crippen molar-refractivity contribution in [2.75, 3.05) is 40.5 Å². The van der Waals surface area contributed by atoms with E-state index in [1.54, 1.807) is 0 Å². The van der Waals surface area contributed by atoms with E-state index in [1.807, 2.05) is 0 Å². The van der Waals surface area contributed by atoms with Gasteiger partial charge in [0.1, 0.15) is 0 Å². The number of carbonyl (C=O) groups is 1. The lowest BCUT2D eigenvalue weighted by Crippen LogP contribution is -2.37. The number of aliphatic carboxylic acids is 1. The van der Waals surface area contributed by atoms with Crippen LogP contribution in [0.1, 0.15) is 136 Å². The zero-order chi connectivity index (χ0) is 27.4. The third kappa shape index (κ3) is 25.1. The van der Waals surface area contributed by atoms with Gasteiger partial charge in [0.2, 0.25) is 0 Å². The van der Waals surface area contributed by atoms with Crippen LogP contribution < -0.4 is 0 Å². The van der Waals surface area contributed by atoms with E-state index in [0.29, 0.717) is 26.2 Å². The number of likely N-dealkylation sites (N-methyl/N-ethyl adjacent to an activating group) is 1. The Morgan fingerprint density at radius 2 is 1.19 bits per heavy atom. The molecule has 0 saturated heterocycles. The highest BCUT2D eigenvalue weighted by Crippen LogP contribution is 2.15.